The summed E-state index contributed by atoms with van der Waals surface area (Å²) in [5.74, 6) is 5.75. The molecule has 0 aliphatic rings. The molecule has 0 aliphatic carbocycles. The van der Waals surface area contributed by atoms with Crippen LogP contribution in [0.2, 0.25) is 0 Å². The minimum Gasteiger partial charge on any atom is -0.468 e. The van der Waals surface area contributed by atoms with Crippen molar-refractivity contribution in [2.24, 2.45) is 0 Å². The molecule has 0 N–H and O–H groups in total. The summed E-state index contributed by atoms with van der Waals surface area (Å²) < 4.78 is 39.8. The summed E-state index contributed by atoms with van der Waals surface area (Å²) in [5.41, 5.74) is 0.605. The summed E-state index contributed by atoms with van der Waals surface area (Å²) in [6.07, 6.45) is -3.01. The SMILES string of the molecule is FC(F)(F)COc1ccc(C#CCS)cn1. The van der Waals surface area contributed by atoms with Gasteiger partial charge >= 0.3 is 6.18 Å². The first-order chi connectivity index (χ1) is 7.51. The molecule has 1 aromatic heterocycles. The van der Waals surface area contributed by atoms with E-state index in [0.29, 0.717) is 11.3 Å². The third-order valence-corrected chi connectivity index (χ3v) is 1.59. The Labute approximate surface area is 96.2 Å². The van der Waals surface area contributed by atoms with E-state index in [2.05, 4.69) is 34.2 Å². The lowest BCUT2D eigenvalue weighted by molar-refractivity contribution is -0.154. The molecule has 0 saturated heterocycles. The van der Waals surface area contributed by atoms with Crippen LogP contribution in [0.5, 0.6) is 5.88 Å². The average Bonchev–Trinajstić information content (AvgIpc) is 2.24. The van der Waals surface area contributed by atoms with Crippen LogP contribution in [0.15, 0.2) is 18.3 Å². The second kappa shape index (κ2) is 5.66. The van der Waals surface area contributed by atoms with Gasteiger partial charge in [-0.25, -0.2) is 4.98 Å². The molecule has 0 amide bonds. The summed E-state index contributed by atoms with van der Waals surface area (Å²) in [5, 5.41) is 0. The normalized spacial score (nSPS) is 10.5. The lowest BCUT2D eigenvalue weighted by Crippen LogP contribution is -2.19. The molecular formula is C10H8F3NOS. The van der Waals surface area contributed by atoms with E-state index < -0.39 is 12.8 Å². The molecule has 0 bridgehead atoms. The Morgan fingerprint density at radius 2 is 2.12 bits per heavy atom. The lowest BCUT2D eigenvalue weighted by atomic mass is 10.3. The fourth-order valence-electron chi connectivity index (χ4n) is 0.837. The van der Waals surface area contributed by atoms with Crippen LogP contribution in [0.25, 0.3) is 0 Å². The van der Waals surface area contributed by atoms with Crippen LogP contribution in [-0.2, 0) is 0 Å². The minimum atomic E-state index is -4.35. The number of hydrogen-bond donors (Lipinski definition) is 1. The van der Waals surface area contributed by atoms with Crippen LogP contribution in [0.4, 0.5) is 13.2 Å². The summed E-state index contributed by atoms with van der Waals surface area (Å²) in [6.45, 7) is -1.35. The molecule has 0 aromatic carbocycles. The third-order valence-electron chi connectivity index (χ3n) is 1.43. The molecule has 1 rings (SSSR count). The van der Waals surface area contributed by atoms with Gasteiger partial charge < -0.3 is 4.74 Å². The number of alkyl halides is 3. The molecule has 0 atom stereocenters. The number of aromatic nitrogens is 1. The van der Waals surface area contributed by atoms with Crippen molar-refractivity contribution in [3.63, 3.8) is 0 Å². The van der Waals surface area contributed by atoms with Crippen LogP contribution in [0.1, 0.15) is 5.56 Å². The zero-order valence-electron chi connectivity index (χ0n) is 8.08. The number of rotatable bonds is 2. The zero-order valence-corrected chi connectivity index (χ0v) is 8.98. The van der Waals surface area contributed by atoms with Gasteiger partial charge in [0, 0.05) is 17.8 Å². The van der Waals surface area contributed by atoms with Gasteiger partial charge in [-0.2, -0.15) is 25.8 Å². The molecule has 0 saturated carbocycles. The Balaban J connectivity index is 2.58. The Bertz CT molecular complexity index is 391. The number of halogens is 3. The van der Waals surface area contributed by atoms with Crippen molar-refractivity contribution < 1.29 is 17.9 Å². The van der Waals surface area contributed by atoms with Gasteiger partial charge in [0.15, 0.2) is 6.61 Å². The molecule has 0 unspecified atom stereocenters. The molecule has 0 aliphatic heterocycles. The quantitative estimate of drug-likeness (QED) is 0.640. The van der Waals surface area contributed by atoms with E-state index in [-0.39, 0.29) is 5.88 Å². The molecule has 2 nitrogen and oxygen atoms in total. The predicted molar refractivity (Wildman–Crippen MR) is 56.5 cm³/mol. The highest BCUT2D eigenvalue weighted by Gasteiger charge is 2.28. The van der Waals surface area contributed by atoms with E-state index in [0.717, 1.165) is 0 Å². The highest BCUT2D eigenvalue weighted by molar-refractivity contribution is 7.80. The fourth-order valence-corrected chi connectivity index (χ4v) is 0.916. The van der Waals surface area contributed by atoms with Crippen molar-refractivity contribution in [2.45, 2.75) is 6.18 Å². The number of nitrogens with zero attached hydrogens (tertiary/aromatic N) is 1. The van der Waals surface area contributed by atoms with Crippen LogP contribution in [0.3, 0.4) is 0 Å². The maximum absolute atomic E-state index is 11.8. The molecular weight excluding hydrogens is 239 g/mol. The largest absolute Gasteiger partial charge is 0.468 e. The summed E-state index contributed by atoms with van der Waals surface area (Å²) >= 11 is 3.89. The molecule has 0 radical (unpaired) electrons. The molecule has 1 heterocycles. The number of pyridine rings is 1. The van der Waals surface area contributed by atoms with Gasteiger partial charge in [0.05, 0.1) is 5.75 Å². The summed E-state index contributed by atoms with van der Waals surface area (Å²) in [4.78, 5) is 3.69. The van der Waals surface area contributed by atoms with E-state index in [1.807, 2.05) is 0 Å². The topological polar surface area (TPSA) is 22.1 Å². The molecule has 1 aromatic rings. The Morgan fingerprint density at radius 3 is 2.62 bits per heavy atom. The second-order valence-corrected chi connectivity index (χ2v) is 3.07. The maximum Gasteiger partial charge on any atom is 0.422 e. The first-order valence-corrected chi connectivity index (χ1v) is 4.90. The first-order valence-electron chi connectivity index (χ1n) is 4.26. The van der Waals surface area contributed by atoms with Crippen LogP contribution in [-0.4, -0.2) is 23.5 Å². The first kappa shape index (κ1) is 12.7. The highest BCUT2D eigenvalue weighted by Crippen LogP contribution is 2.16. The van der Waals surface area contributed by atoms with E-state index in [1.54, 1.807) is 0 Å². The van der Waals surface area contributed by atoms with Gasteiger partial charge in [-0.15, -0.1) is 0 Å². The van der Waals surface area contributed by atoms with Gasteiger partial charge in [0.1, 0.15) is 0 Å². The third kappa shape index (κ3) is 4.94. The van der Waals surface area contributed by atoms with Crippen LogP contribution in [0, 0.1) is 11.8 Å². The van der Waals surface area contributed by atoms with Crippen molar-refractivity contribution in [1.82, 2.24) is 4.98 Å². The lowest BCUT2D eigenvalue weighted by Gasteiger charge is -2.07. The van der Waals surface area contributed by atoms with Crippen molar-refractivity contribution in [1.29, 1.82) is 0 Å². The summed E-state index contributed by atoms with van der Waals surface area (Å²) in [6, 6.07) is 2.88. The highest BCUT2D eigenvalue weighted by atomic mass is 32.1. The fraction of sp³-hybridized carbons (Fsp3) is 0.300. The molecule has 0 fully saturated rings. The Morgan fingerprint density at radius 1 is 1.38 bits per heavy atom. The van der Waals surface area contributed by atoms with Gasteiger partial charge in [0.2, 0.25) is 5.88 Å². The van der Waals surface area contributed by atoms with E-state index in [1.165, 1.54) is 18.3 Å². The Kier molecular flexibility index (Phi) is 4.50. The standard InChI is InChI=1S/C10H8F3NOS/c11-10(12,13)7-15-9-4-3-8(6-14-9)2-1-5-16/h3-4,6,16H,5,7H2. The molecule has 86 valence electrons. The number of thiol groups is 1. The smallest absolute Gasteiger partial charge is 0.422 e. The number of ether oxygens (including phenoxy) is 1. The summed E-state index contributed by atoms with van der Waals surface area (Å²) in [7, 11) is 0. The minimum absolute atomic E-state index is 0.0752. The average molecular weight is 247 g/mol. The van der Waals surface area contributed by atoms with Crippen molar-refractivity contribution in [3.05, 3.63) is 23.9 Å². The monoisotopic (exact) mass is 247 g/mol. The van der Waals surface area contributed by atoms with E-state index >= 15 is 0 Å². The predicted octanol–water partition coefficient (Wildman–Crippen LogP) is 2.30. The van der Waals surface area contributed by atoms with Gasteiger partial charge in [-0.3, -0.25) is 0 Å². The van der Waals surface area contributed by atoms with Crippen molar-refractivity contribution >= 4 is 12.6 Å². The molecule has 16 heavy (non-hydrogen) atoms. The van der Waals surface area contributed by atoms with Crippen LogP contribution < -0.4 is 4.74 Å². The number of hydrogen-bond acceptors (Lipinski definition) is 3. The van der Waals surface area contributed by atoms with Crippen molar-refractivity contribution in [3.8, 4) is 17.7 Å². The molecule has 0 spiro atoms. The van der Waals surface area contributed by atoms with Crippen LogP contribution >= 0.6 is 12.6 Å². The van der Waals surface area contributed by atoms with E-state index in [4.69, 9.17) is 0 Å². The Hall–Kier alpha value is -1.35. The molecule has 6 heteroatoms. The van der Waals surface area contributed by atoms with Gasteiger partial charge in [0.25, 0.3) is 0 Å². The van der Waals surface area contributed by atoms with E-state index in [9.17, 15) is 13.2 Å². The van der Waals surface area contributed by atoms with Gasteiger partial charge in [-0.1, -0.05) is 11.8 Å². The zero-order chi connectivity index (χ0) is 12.0. The maximum atomic E-state index is 11.8. The van der Waals surface area contributed by atoms with Crippen molar-refractivity contribution in [2.75, 3.05) is 12.4 Å². The van der Waals surface area contributed by atoms with Gasteiger partial charge in [-0.05, 0) is 6.07 Å². The second-order valence-electron chi connectivity index (χ2n) is 2.75.